The van der Waals surface area contributed by atoms with Crippen LogP contribution in [0.1, 0.15) is 18.9 Å². The van der Waals surface area contributed by atoms with Gasteiger partial charge in [0.15, 0.2) is 0 Å². The third-order valence-corrected chi connectivity index (χ3v) is 3.59. The number of hydrogen-bond donors (Lipinski definition) is 2. The van der Waals surface area contributed by atoms with Crippen LogP contribution in [0.15, 0.2) is 24.3 Å². The average molecular weight is 279 g/mol. The lowest BCUT2D eigenvalue weighted by Crippen LogP contribution is -2.34. The maximum atomic E-state index is 9.89. The number of nitrogens with one attached hydrogen (secondary N) is 1. The van der Waals surface area contributed by atoms with Crippen molar-refractivity contribution in [2.75, 3.05) is 32.9 Å². The number of ether oxygens (including phenoxy) is 2. The second kappa shape index (κ2) is 8.25. The van der Waals surface area contributed by atoms with Crippen LogP contribution in [0.25, 0.3) is 0 Å². The molecule has 0 amide bonds. The van der Waals surface area contributed by atoms with Gasteiger partial charge in [0.05, 0.1) is 6.61 Å². The quantitative estimate of drug-likeness (QED) is 0.759. The van der Waals surface area contributed by atoms with Crippen molar-refractivity contribution in [3.8, 4) is 5.75 Å². The van der Waals surface area contributed by atoms with Crippen molar-refractivity contribution >= 4 is 0 Å². The molecule has 1 heterocycles. The third kappa shape index (κ3) is 5.12. The smallest absolute Gasteiger partial charge is 0.119 e. The van der Waals surface area contributed by atoms with Gasteiger partial charge in [-0.05, 0) is 36.5 Å². The average Bonchev–Trinajstić information content (AvgIpc) is 2.98. The minimum absolute atomic E-state index is 0.321. The molecule has 0 aliphatic carbocycles. The highest BCUT2D eigenvalue weighted by Gasteiger charge is 2.15. The first-order valence-corrected chi connectivity index (χ1v) is 7.46. The first-order valence-electron chi connectivity index (χ1n) is 7.46. The molecule has 4 heteroatoms. The van der Waals surface area contributed by atoms with E-state index in [9.17, 15) is 5.11 Å². The molecule has 4 nitrogen and oxygen atoms in total. The molecule has 2 rings (SSSR count). The van der Waals surface area contributed by atoms with Crippen LogP contribution in [0, 0.1) is 5.92 Å². The molecule has 112 valence electrons. The number of aryl methyl sites for hydroxylation is 1. The summed E-state index contributed by atoms with van der Waals surface area (Å²) in [5, 5.41) is 13.2. The van der Waals surface area contributed by atoms with E-state index >= 15 is 0 Å². The topological polar surface area (TPSA) is 50.7 Å². The summed E-state index contributed by atoms with van der Waals surface area (Å²) in [6.45, 7) is 5.60. The Kier molecular flexibility index (Phi) is 6.30. The lowest BCUT2D eigenvalue weighted by atomic mass is 10.1. The summed E-state index contributed by atoms with van der Waals surface area (Å²) in [5.41, 5.74) is 1.25. The van der Waals surface area contributed by atoms with Crippen LogP contribution in [-0.2, 0) is 11.2 Å². The van der Waals surface area contributed by atoms with E-state index in [2.05, 4.69) is 18.3 Å². The van der Waals surface area contributed by atoms with Crippen LogP contribution in [0.2, 0.25) is 0 Å². The van der Waals surface area contributed by atoms with Gasteiger partial charge < -0.3 is 19.9 Å². The standard InChI is InChI=1S/C16H25NO3/c1-2-13-4-3-5-16(8-13)20-12-15(18)10-17-9-14-6-7-19-11-14/h3-5,8,14-15,17-18H,2,6-7,9-12H2,1H3. The fraction of sp³-hybridized carbons (Fsp3) is 0.625. The number of aliphatic hydroxyl groups excluding tert-OH is 1. The van der Waals surface area contributed by atoms with Crippen LogP contribution >= 0.6 is 0 Å². The molecular formula is C16H25NO3. The molecule has 0 radical (unpaired) electrons. The van der Waals surface area contributed by atoms with Gasteiger partial charge in [-0.2, -0.15) is 0 Å². The Morgan fingerprint density at radius 3 is 3.15 bits per heavy atom. The molecule has 0 spiro atoms. The molecule has 20 heavy (non-hydrogen) atoms. The van der Waals surface area contributed by atoms with Crippen molar-refractivity contribution in [3.63, 3.8) is 0 Å². The van der Waals surface area contributed by atoms with Crippen LogP contribution < -0.4 is 10.1 Å². The fourth-order valence-electron chi connectivity index (χ4n) is 2.30. The molecule has 2 unspecified atom stereocenters. The molecular weight excluding hydrogens is 254 g/mol. The number of rotatable bonds is 8. The van der Waals surface area contributed by atoms with E-state index < -0.39 is 6.10 Å². The summed E-state index contributed by atoms with van der Waals surface area (Å²) in [7, 11) is 0. The summed E-state index contributed by atoms with van der Waals surface area (Å²) in [5.74, 6) is 1.41. The monoisotopic (exact) mass is 279 g/mol. The van der Waals surface area contributed by atoms with Crippen molar-refractivity contribution < 1.29 is 14.6 Å². The normalized spacial score (nSPS) is 20.0. The summed E-state index contributed by atoms with van der Waals surface area (Å²) >= 11 is 0. The third-order valence-electron chi connectivity index (χ3n) is 3.59. The van der Waals surface area contributed by atoms with Crippen LogP contribution in [0.3, 0.4) is 0 Å². The second-order valence-electron chi connectivity index (χ2n) is 5.35. The zero-order chi connectivity index (χ0) is 14.2. The molecule has 1 aromatic rings. The predicted octanol–water partition coefficient (Wildman–Crippen LogP) is 1.61. The Balaban J connectivity index is 1.62. The first-order chi connectivity index (χ1) is 9.78. The van der Waals surface area contributed by atoms with Crippen molar-refractivity contribution in [1.29, 1.82) is 0 Å². The van der Waals surface area contributed by atoms with Gasteiger partial charge in [-0.25, -0.2) is 0 Å². The Hall–Kier alpha value is -1.10. The Labute approximate surface area is 121 Å². The fourth-order valence-corrected chi connectivity index (χ4v) is 2.30. The van der Waals surface area contributed by atoms with Gasteiger partial charge in [0.2, 0.25) is 0 Å². The predicted molar refractivity (Wildman–Crippen MR) is 79.1 cm³/mol. The molecule has 2 N–H and O–H groups in total. The van der Waals surface area contributed by atoms with E-state index in [-0.39, 0.29) is 0 Å². The van der Waals surface area contributed by atoms with Gasteiger partial charge in [0.25, 0.3) is 0 Å². The zero-order valence-corrected chi connectivity index (χ0v) is 12.2. The molecule has 1 aromatic carbocycles. The van der Waals surface area contributed by atoms with E-state index in [0.717, 1.165) is 38.3 Å². The van der Waals surface area contributed by atoms with Gasteiger partial charge in [0, 0.05) is 19.7 Å². The summed E-state index contributed by atoms with van der Waals surface area (Å²) < 4.78 is 10.9. The van der Waals surface area contributed by atoms with Crippen molar-refractivity contribution in [1.82, 2.24) is 5.32 Å². The van der Waals surface area contributed by atoms with E-state index in [1.807, 2.05) is 18.2 Å². The minimum atomic E-state index is -0.484. The molecule has 0 saturated carbocycles. The molecule has 1 aliphatic rings. The summed E-state index contributed by atoms with van der Waals surface area (Å²) in [6, 6.07) is 8.01. The maximum Gasteiger partial charge on any atom is 0.119 e. The van der Waals surface area contributed by atoms with E-state index in [1.165, 1.54) is 5.56 Å². The van der Waals surface area contributed by atoms with E-state index in [4.69, 9.17) is 9.47 Å². The van der Waals surface area contributed by atoms with Crippen LogP contribution in [0.4, 0.5) is 0 Å². The SMILES string of the molecule is CCc1cccc(OCC(O)CNCC2CCOC2)c1. The van der Waals surface area contributed by atoms with Crippen molar-refractivity contribution in [3.05, 3.63) is 29.8 Å². The molecule has 1 aliphatic heterocycles. The molecule has 0 bridgehead atoms. The van der Waals surface area contributed by atoms with Gasteiger partial charge >= 0.3 is 0 Å². The highest BCUT2D eigenvalue weighted by atomic mass is 16.5. The van der Waals surface area contributed by atoms with Gasteiger partial charge in [-0.15, -0.1) is 0 Å². The Morgan fingerprint density at radius 2 is 2.40 bits per heavy atom. The van der Waals surface area contributed by atoms with Crippen molar-refractivity contribution in [2.45, 2.75) is 25.9 Å². The number of hydrogen-bond acceptors (Lipinski definition) is 4. The van der Waals surface area contributed by atoms with Gasteiger partial charge in [-0.1, -0.05) is 19.1 Å². The lowest BCUT2D eigenvalue weighted by molar-refractivity contribution is 0.105. The summed E-state index contributed by atoms with van der Waals surface area (Å²) in [6.07, 6.45) is 1.62. The second-order valence-corrected chi connectivity index (χ2v) is 5.35. The Bertz CT molecular complexity index is 391. The lowest BCUT2D eigenvalue weighted by Gasteiger charge is -2.15. The van der Waals surface area contributed by atoms with E-state index in [0.29, 0.717) is 19.1 Å². The Morgan fingerprint density at radius 1 is 1.50 bits per heavy atom. The number of aliphatic hydroxyl groups is 1. The highest BCUT2D eigenvalue weighted by Crippen LogP contribution is 2.14. The molecule has 1 fully saturated rings. The summed E-state index contributed by atoms with van der Waals surface area (Å²) in [4.78, 5) is 0. The first kappa shape index (κ1) is 15.3. The van der Waals surface area contributed by atoms with E-state index in [1.54, 1.807) is 0 Å². The minimum Gasteiger partial charge on any atom is -0.491 e. The maximum absolute atomic E-state index is 9.89. The van der Waals surface area contributed by atoms with Gasteiger partial charge in [0.1, 0.15) is 18.5 Å². The largest absolute Gasteiger partial charge is 0.491 e. The van der Waals surface area contributed by atoms with Crippen molar-refractivity contribution in [2.24, 2.45) is 5.92 Å². The highest BCUT2D eigenvalue weighted by molar-refractivity contribution is 5.28. The molecule has 0 aromatic heterocycles. The molecule has 1 saturated heterocycles. The van der Waals surface area contributed by atoms with Crippen LogP contribution in [0.5, 0.6) is 5.75 Å². The molecule has 2 atom stereocenters. The van der Waals surface area contributed by atoms with Gasteiger partial charge in [-0.3, -0.25) is 0 Å². The number of benzene rings is 1. The zero-order valence-electron chi connectivity index (χ0n) is 12.2. The van der Waals surface area contributed by atoms with Crippen LogP contribution in [-0.4, -0.2) is 44.1 Å².